The first-order valence-corrected chi connectivity index (χ1v) is 15.5. The minimum absolute atomic E-state index is 0.110. The molecule has 1 atom stereocenters. The Bertz CT molecular complexity index is 673. The molecule has 206 valence electrons. The van der Waals surface area contributed by atoms with Crippen LogP contribution in [0.25, 0.3) is 0 Å². The van der Waals surface area contributed by atoms with Gasteiger partial charge in [-0.25, -0.2) is 0 Å². The predicted octanol–water partition coefficient (Wildman–Crippen LogP) is 8.33. The van der Waals surface area contributed by atoms with Crippen LogP contribution in [0.1, 0.15) is 116 Å². The number of quaternary nitrogens is 1. The van der Waals surface area contributed by atoms with Crippen LogP contribution in [0.15, 0.2) is 24.3 Å². The van der Waals surface area contributed by atoms with E-state index in [1.54, 1.807) is 0 Å². The molecular formula is C32H56NO3+. The summed E-state index contributed by atoms with van der Waals surface area (Å²) >= 11 is 0. The van der Waals surface area contributed by atoms with E-state index in [1.807, 2.05) is 24.3 Å². The molecule has 0 saturated carbocycles. The molecule has 3 rings (SSSR count). The van der Waals surface area contributed by atoms with Gasteiger partial charge in [0.25, 0.3) is 0 Å². The molecule has 1 unspecified atom stereocenters. The molecule has 0 bridgehead atoms. The van der Waals surface area contributed by atoms with Crippen molar-refractivity contribution in [1.82, 2.24) is 0 Å². The maximum absolute atomic E-state index is 5.98. The van der Waals surface area contributed by atoms with Crippen molar-refractivity contribution in [3.05, 3.63) is 24.3 Å². The Labute approximate surface area is 222 Å². The molecule has 1 saturated heterocycles. The number of unbranched alkanes of at least 4 members (excludes halogenated alkanes) is 13. The zero-order chi connectivity index (χ0) is 25.2. The average Bonchev–Trinajstić information content (AvgIpc) is 2.90. The predicted molar refractivity (Wildman–Crippen MR) is 151 cm³/mol. The van der Waals surface area contributed by atoms with Crippen LogP contribution in [0.5, 0.6) is 11.5 Å². The summed E-state index contributed by atoms with van der Waals surface area (Å²) in [5.41, 5.74) is 0. The number of para-hydroxylation sites is 2. The minimum atomic E-state index is 0.110. The van der Waals surface area contributed by atoms with Gasteiger partial charge in [-0.1, -0.05) is 82.8 Å². The van der Waals surface area contributed by atoms with Gasteiger partial charge in [0, 0.05) is 13.0 Å². The number of hydrogen-bond acceptors (Lipinski definition) is 3. The number of piperidine rings is 1. The Morgan fingerprint density at radius 3 is 1.89 bits per heavy atom. The highest BCUT2D eigenvalue weighted by Gasteiger charge is 2.23. The van der Waals surface area contributed by atoms with Gasteiger partial charge in [-0.3, -0.25) is 0 Å². The number of benzene rings is 1. The third-order valence-electron chi connectivity index (χ3n) is 8.28. The van der Waals surface area contributed by atoms with Crippen LogP contribution >= 0.6 is 0 Å². The molecule has 4 heteroatoms. The number of fused-ring (bicyclic) bond motifs is 1. The van der Waals surface area contributed by atoms with E-state index in [9.17, 15) is 0 Å². The van der Waals surface area contributed by atoms with Crippen molar-refractivity contribution in [2.75, 3.05) is 46.5 Å². The van der Waals surface area contributed by atoms with Gasteiger partial charge in [0.1, 0.15) is 12.7 Å². The van der Waals surface area contributed by atoms with Crippen LogP contribution in [-0.4, -0.2) is 57.1 Å². The highest BCUT2D eigenvalue weighted by molar-refractivity contribution is 5.40. The lowest BCUT2D eigenvalue weighted by molar-refractivity contribution is -0.914. The summed E-state index contributed by atoms with van der Waals surface area (Å²) in [5, 5.41) is 0. The molecule has 2 heterocycles. The zero-order valence-corrected chi connectivity index (χ0v) is 23.5. The van der Waals surface area contributed by atoms with Gasteiger partial charge in [-0.05, 0) is 50.7 Å². The summed E-state index contributed by atoms with van der Waals surface area (Å²) in [7, 11) is 2.49. The first-order valence-electron chi connectivity index (χ1n) is 15.5. The molecule has 0 spiro atoms. The van der Waals surface area contributed by atoms with Crippen molar-refractivity contribution < 1.29 is 18.7 Å². The first kappa shape index (κ1) is 29.3. The fourth-order valence-electron chi connectivity index (χ4n) is 5.84. The van der Waals surface area contributed by atoms with Gasteiger partial charge in [0.05, 0.1) is 33.3 Å². The van der Waals surface area contributed by atoms with E-state index < -0.39 is 0 Å². The normalized spacial score (nSPS) is 18.9. The molecule has 0 aromatic heterocycles. The Kier molecular flexibility index (Phi) is 14.7. The summed E-state index contributed by atoms with van der Waals surface area (Å²) in [6.07, 6.45) is 25.1. The van der Waals surface area contributed by atoms with Crippen LogP contribution in [0.2, 0.25) is 0 Å². The third-order valence-corrected chi connectivity index (χ3v) is 8.28. The second-order valence-corrected chi connectivity index (χ2v) is 11.7. The largest absolute Gasteiger partial charge is 0.486 e. The van der Waals surface area contributed by atoms with Crippen molar-refractivity contribution in [2.24, 2.45) is 0 Å². The summed E-state index contributed by atoms with van der Waals surface area (Å²) < 4.78 is 18.9. The van der Waals surface area contributed by atoms with Gasteiger partial charge >= 0.3 is 0 Å². The molecule has 36 heavy (non-hydrogen) atoms. The monoisotopic (exact) mass is 502 g/mol. The maximum Gasteiger partial charge on any atom is 0.161 e. The van der Waals surface area contributed by atoms with Crippen LogP contribution in [0.4, 0.5) is 0 Å². The van der Waals surface area contributed by atoms with Crippen molar-refractivity contribution in [2.45, 2.75) is 122 Å². The Morgan fingerprint density at radius 1 is 0.694 bits per heavy atom. The molecule has 4 nitrogen and oxygen atoms in total. The van der Waals surface area contributed by atoms with E-state index in [0.29, 0.717) is 6.61 Å². The van der Waals surface area contributed by atoms with Gasteiger partial charge in [-0.15, -0.1) is 0 Å². The molecule has 1 aromatic rings. The van der Waals surface area contributed by atoms with Gasteiger partial charge in [0.15, 0.2) is 11.5 Å². The number of nitrogens with zero attached hydrogens (tertiary/aromatic N) is 1. The summed E-state index contributed by atoms with van der Waals surface area (Å²) in [5.74, 6) is 1.72. The van der Waals surface area contributed by atoms with Crippen molar-refractivity contribution in [1.29, 1.82) is 0 Å². The summed E-state index contributed by atoms with van der Waals surface area (Å²) in [6.45, 7) is 6.54. The van der Waals surface area contributed by atoms with Crippen molar-refractivity contribution in [3.8, 4) is 11.5 Å². The van der Waals surface area contributed by atoms with Gasteiger partial charge in [0.2, 0.25) is 0 Å². The Morgan fingerprint density at radius 2 is 1.25 bits per heavy atom. The average molecular weight is 503 g/mol. The van der Waals surface area contributed by atoms with Gasteiger partial charge in [-0.2, -0.15) is 0 Å². The van der Waals surface area contributed by atoms with E-state index in [4.69, 9.17) is 14.2 Å². The highest BCUT2D eigenvalue weighted by Crippen LogP contribution is 2.31. The fourth-order valence-corrected chi connectivity index (χ4v) is 5.84. The van der Waals surface area contributed by atoms with E-state index in [1.165, 1.54) is 133 Å². The van der Waals surface area contributed by atoms with Crippen molar-refractivity contribution in [3.63, 3.8) is 0 Å². The van der Waals surface area contributed by atoms with E-state index >= 15 is 0 Å². The van der Waals surface area contributed by atoms with Crippen LogP contribution < -0.4 is 9.47 Å². The maximum atomic E-state index is 5.98. The molecule has 0 N–H and O–H groups in total. The summed E-state index contributed by atoms with van der Waals surface area (Å²) in [4.78, 5) is 0. The first-order chi connectivity index (χ1) is 17.8. The smallest absolute Gasteiger partial charge is 0.161 e. The highest BCUT2D eigenvalue weighted by atomic mass is 16.6. The Balaban J connectivity index is 0.987. The molecule has 2 aliphatic rings. The molecular weight excluding hydrogens is 446 g/mol. The van der Waals surface area contributed by atoms with E-state index in [2.05, 4.69) is 7.05 Å². The number of ether oxygens (including phenoxy) is 3. The lowest BCUT2D eigenvalue weighted by Crippen LogP contribution is -2.48. The number of rotatable bonds is 20. The zero-order valence-electron chi connectivity index (χ0n) is 23.5. The fraction of sp³-hybridized carbons (Fsp3) is 0.812. The molecule has 0 aliphatic carbocycles. The second-order valence-electron chi connectivity index (χ2n) is 11.7. The minimum Gasteiger partial charge on any atom is -0.486 e. The summed E-state index contributed by atoms with van der Waals surface area (Å²) in [6, 6.07) is 7.90. The number of hydrogen-bond donors (Lipinski definition) is 0. The number of likely N-dealkylation sites (tertiary alicyclic amines) is 1. The van der Waals surface area contributed by atoms with Crippen LogP contribution in [-0.2, 0) is 4.74 Å². The standard InChI is InChI=1S/C32H56NO3/c1-33(25-18-14-19-26-33)24-17-12-10-8-6-4-2-3-5-7-9-11-13-20-27-34-28-23-30-29-35-31-21-15-16-22-32(31)36-30/h15-16,21-22,30H,2-14,17-20,23-29H2,1H3/q+1. The molecule has 2 aliphatic heterocycles. The second kappa shape index (κ2) is 18.1. The molecule has 1 aromatic carbocycles. The molecule has 0 radical (unpaired) electrons. The lowest BCUT2D eigenvalue weighted by atomic mass is 10.0. The molecule has 1 fully saturated rings. The van der Waals surface area contributed by atoms with E-state index in [-0.39, 0.29) is 6.10 Å². The van der Waals surface area contributed by atoms with Crippen LogP contribution in [0, 0.1) is 0 Å². The van der Waals surface area contributed by atoms with Gasteiger partial charge < -0.3 is 18.7 Å². The Hall–Kier alpha value is -1.26. The topological polar surface area (TPSA) is 27.7 Å². The third kappa shape index (κ3) is 12.3. The van der Waals surface area contributed by atoms with Crippen molar-refractivity contribution >= 4 is 0 Å². The van der Waals surface area contributed by atoms with E-state index in [0.717, 1.165) is 31.1 Å². The quantitative estimate of drug-likeness (QED) is 0.132. The van der Waals surface area contributed by atoms with Crippen LogP contribution in [0.3, 0.4) is 0 Å². The lowest BCUT2D eigenvalue weighted by Gasteiger charge is -2.37. The molecule has 0 amide bonds. The SMILES string of the molecule is C[N+]1(CCCCCCCCCCCCCCCCOCCC2COc3ccccc3O2)CCCCC1.